The van der Waals surface area contributed by atoms with Crippen LogP contribution in [0.3, 0.4) is 0 Å². The summed E-state index contributed by atoms with van der Waals surface area (Å²) in [6, 6.07) is -0.581. The van der Waals surface area contributed by atoms with Crippen molar-refractivity contribution in [3.63, 3.8) is 0 Å². The number of piperidine rings is 1. The van der Waals surface area contributed by atoms with Gasteiger partial charge in [0.15, 0.2) is 0 Å². The van der Waals surface area contributed by atoms with E-state index in [2.05, 4.69) is 15.5 Å². The zero-order chi connectivity index (χ0) is 19.9. The van der Waals surface area contributed by atoms with Crippen molar-refractivity contribution in [2.24, 2.45) is 23.7 Å². The monoisotopic (exact) mass is 403 g/mol. The second-order valence-corrected chi connectivity index (χ2v) is 9.18. The summed E-state index contributed by atoms with van der Waals surface area (Å²) in [6.45, 7) is 4.20. The average molecular weight is 403 g/mol. The second-order valence-electron chi connectivity index (χ2n) is 9.18. The number of halogens is 3. The molecule has 2 saturated carbocycles. The molecule has 7 unspecified atom stereocenters. The minimum Gasteiger partial charge on any atom is -0.391 e. The minimum absolute atomic E-state index is 0.0747. The van der Waals surface area contributed by atoms with Gasteiger partial charge in [-0.2, -0.15) is 13.2 Å². The van der Waals surface area contributed by atoms with Crippen molar-refractivity contribution in [1.82, 2.24) is 15.5 Å². The van der Waals surface area contributed by atoms with Crippen molar-refractivity contribution in [3.05, 3.63) is 0 Å². The number of alkyl halides is 3. The molecule has 7 atom stereocenters. The molecule has 0 aromatic heterocycles. The van der Waals surface area contributed by atoms with Gasteiger partial charge in [0, 0.05) is 50.1 Å². The van der Waals surface area contributed by atoms with Crippen LogP contribution in [0.2, 0.25) is 0 Å². The number of rotatable bonds is 3. The number of piperazine rings is 1. The van der Waals surface area contributed by atoms with Crippen LogP contribution in [0.15, 0.2) is 0 Å². The highest BCUT2D eigenvalue weighted by atomic mass is 19.4. The predicted molar refractivity (Wildman–Crippen MR) is 98.8 cm³/mol. The first-order valence-electron chi connectivity index (χ1n) is 10.8. The summed E-state index contributed by atoms with van der Waals surface area (Å²) < 4.78 is 40.2. The van der Waals surface area contributed by atoms with Crippen molar-refractivity contribution in [1.29, 1.82) is 0 Å². The zero-order valence-corrected chi connectivity index (χ0v) is 16.3. The number of fused-ring (bicyclic) bond motifs is 1. The lowest BCUT2D eigenvalue weighted by Gasteiger charge is -2.43. The van der Waals surface area contributed by atoms with Gasteiger partial charge in [0.25, 0.3) is 0 Å². The van der Waals surface area contributed by atoms with Gasteiger partial charge in [-0.3, -0.25) is 9.69 Å². The zero-order valence-electron chi connectivity index (χ0n) is 16.3. The average Bonchev–Trinajstić information content (AvgIpc) is 2.96. The van der Waals surface area contributed by atoms with Gasteiger partial charge >= 0.3 is 6.18 Å². The third kappa shape index (κ3) is 4.11. The molecular weight excluding hydrogens is 371 g/mol. The molecule has 0 spiro atoms. The molecule has 5 nitrogen and oxygen atoms in total. The fourth-order valence-electron chi connectivity index (χ4n) is 6.15. The number of carbonyl (C=O) groups excluding carboxylic acids is 1. The van der Waals surface area contributed by atoms with Crippen LogP contribution < -0.4 is 10.6 Å². The van der Waals surface area contributed by atoms with E-state index in [4.69, 9.17) is 0 Å². The van der Waals surface area contributed by atoms with E-state index in [1.54, 1.807) is 0 Å². The normalized spacial score (nSPS) is 43.1. The Labute approximate surface area is 164 Å². The number of nitrogens with one attached hydrogen (secondary N) is 2. The summed E-state index contributed by atoms with van der Waals surface area (Å²) in [4.78, 5) is 15.3. The molecule has 4 rings (SSSR count). The van der Waals surface area contributed by atoms with Gasteiger partial charge < -0.3 is 15.7 Å². The van der Waals surface area contributed by atoms with Crippen LogP contribution in [-0.4, -0.2) is 72.9 Å². The Balaban J connectivity index is 1.41. The molecule has 160 valence electrons. The van der Waals surface area contributed by atoms with Crippen molar-refractivity contribution in [2.45, 2.75) is 62.9 Å². The Morgan fingerprint density at radius 3 is 2.57 bits per heavy atom. The van der Waals surface area contributed by atoms with Gasteiger partial charge in [0.1, 0.15) is 5.78 Å². The van der Waals surface area contributed by atoms with Gasteiger partial charge in [-0.05, 0) is 51.0 Å². The van der Waals surface area contributed by atoms with E-state index < -0.39 is 24.2 Å². The lowest BCUT2D eigenvalue weighted by atomic mass is 9.76. The molecule has 4 aliphatic rings. The maximum atomic E-state index is 13.4. The molecule has 2 aliphatic heterocycles. The standard InChI is InChI=1S/C20H32F3N3O2/c21-20(22,23)15-2-1-3-25-16(15)9-13-8-12-10-17(26-6-4-24-5-7-26)18(27)11-14(12)19(13)28/h12-18,24-25,27H,1-11H2. The molecule has 4 fully saturated rings. The summed E-state index contributed by atoms with van der Waals surface area (Å²) in [5, 5.41) is 17.0. The van der Waals surface area contributed by atoms with E-state index in [-0.39, 0.29) is 42.4 Å². The third-order valence-corrected chi connectivity index (χ3v) is 7.57. The van der Waals surface area contributed by atoms with Crippen LogP contribution in [0, 0.1) is 23.7 Å². The number of aliphatic hydroxyl groups is 1. The fraction of sp³-hybridized carbons (Fsp3) is 0.950. The third-order valence-electron chi connectivity index (χ3n) is 7.57. The first-order valence-corrected chi connectivity index (χ1v) is 10.8. The molecule has 2 aliphatic carbocycles. The molecule has 0 radical (unpaired) electrons. The van der Waals surface area contributed by atoms with Crippen LogP contribution in [0.4, 0.5) is 13.2 Å². The Morgan fingerprint density at radius 2 is 1.86 bits per heavy atom. The van der Waals surface area contributed by atoms with Gasteiger partial charge in [-0.25, -0.2) is 0 Å². The Bertz CT molecular complexity index is 567. The van der Waals surface area contributed by atoms with E-state index in [0.29, 0.717) is 25.8 Å². The Hall–Kier alpha value is -0.700. The Morgan fingerprint density at radius 1 is 1.11 bits per heavy atom. The number of carbonyl (C=O) groups is 1. The molecule has 3 N–H and O–H groups in total. The molecule has 0 bridgehead atoms. The molecule has 0 amide bonds. The van der Waals surface area contributed by atoms with E-state index in [1.807, 2.05) is 0 Å². The molecular formula is C20H32F3N3O2. The molecule has 0 aromatic carbocycles. The van der Waals surface area contributed by atoms with E-state index in [0.717, 1.165) is 32.6 Å². The molecule has 0 aromatic rings. The lowest BCUT2D eigenvalue weighted by molar-refractivity contribution is -0.189. The largest absolute Gasteiger partial charge is 0.393 e. The highest BCUT2D eigenvalue weighted by molar-refractivity contribution is 5.86. The lowest BCUT2D eigenvalue weighted by Crippen LogP contribution is -2.55. The maximum Gasteiger partial charge on any atom is 0.393 e. The van der Waals surface area contributed by atoms with Crippen molar-refractivity contribution >= 4 is 5.78 Å². The number of aliphatic hydroxyl groups excluding tert-OH is 1. The summed E-state index contributed by atoms with van der Waals surface area (Å²) in [5.74, 6) is -1.53. The summed E-state index contributed by atoms with van der Waals surface area (Å²) in [7, 11) is 0. The molecule has 28 heavy (non-hydrogen) atoms. The minimum atomic E-state index is -4.21. The van der Waals surface area contributed by atoms with Crippen LogP contribution in [0.5, 0.6) is 0 Å². The van der Waals surface area contributed by atoms with Gasteiger partial charge in [0.05, 0.1) is 12.0 Å². The maximum absolute atomic E-state index is 13.4. The smallest absolute Gasteiger partial charge is 0.391 e. The van der Waals surface area contributed by atoms with E-state index >= 15 is 0 Å². The Kier molecular flexibility index (Phi) is 6.03. The topological polar surface area (TPSA) is 64.6 Å². The summed E-state index contributed by atoms with van der Waals surface area (Å²) >= 11 is 0. The highest BCUT2D eigenvalue weighted by Crippen LogP contribution is 2.47. The van der Waals surface area contributed by atoms with Gasteiger partial charge in [-0.1, -0.05) is 0 Å². The van der Waals surface area contributed by atoms with Gasteiger partial charge in [0.2, 0.25) is 0 Å². The van der Waals surface area contributed by atoms with Crippen LogP contribution >= 0.6 is 0 Å². The van der Waals surface area contributed by atoms with Crippen molar-refractivity contribution in [2.75, 3.05) is 32.7 Å². The molecule has 8 heteroatoms. The van der Waals surface area contributed by atoms with E-state index in [1.165, 1.54) is 0 Å². The van der Waals surface area contributed by atoms with Gasteiger partial charge in [-0.15, -0.1) is 0 Å². The number of hydrogen-bond donors (Lipinski definition) is 3. The van der Waals surface area contributed by atoms with Crippen molar-refractivity contribution in [3.8, 4) is 0 Å². The quantitative estimate of drug-likeness (QED) is 0.668. The van der Waals surface area contributed by atoms with Crippen molar-refractivity contribution < 1.29 is 23.1 Å². The number of hydrogen-bond acceptors (Lipinski definition) is 5. The molecule has 2 saturated heterocycles. The fourth-order valence-corrected chi connectivity index (χ4v) is 6.15. The number of Topliss-reactive ketones (excluding diaryl/α,β-unsaturated/α-hetero) is 1. The molecule has 2 heterocycles. The predicted octanol–water partition coefficient (Wildman–Crippen LogP) is 1.56. The van der Waals surface area contributed by atoms with Crippen LogP contribution in [-0.2, 0) is 4.79 Å². The first-order chi connectivity index (χ1) is 13.3. The number of nitrogens with zero attached hydrogens (tertiary/aromatic N) is 1. The summed E-state index contributed by atoms with van der Waals surface area (Å²) in [6.07, 6.45) is -1.83. The number of ketones is 1. The van der Waals surface area contributed by atoms with Crippen LogP contribution in [0.1, 0.15) is 38.5 Å². The van der Waals surface area contributed by atoms with E-state index in [9.17, 15) is 23.1 Å². The highest BCUT2D eigenvalue weighted by Gasteiger charge is 2.51. The first kappa shape index (κ1) is 20.6. The van der Waals surface area contributed by atoms with Crippen LogP contribution in [0.25, 0.3) is 0 Å². The SMILES string of the molecule is O=C1C(CC2NCCCC2C(F)(F)F)CC2CC(N3CCNCC3)C(O)CC12. The summed E-state index contributed by atoms with van der Waals surface area (Å²) in [5.41, 5.74) is 0. The second kappa shape index (κ2) is 8.20.